The summed E-state index contributed by atoms with van der Waals surface area (Å²) in [7, 11) is 0. The summed E-state index contributed by atoms with van der Waals surface area (Å²) in [6.07, 6.45) is 6.65. The summed E-state index contributed by atoms with van der Waals surface area (Å²) in [5, 5.41) is 10.8. The Kier molecular flexibility index (Phi) is 3.53. The van der Waals surface area contributed by atoms with Gasteiger partial charge in [-0.25, -0.2) is 0 Å². The van der Waals surface area contributed by atoms with Crippen LogP contribution >= 0.6 is 0 Å². The fourth-order valence-electron chi connectivity index (χ4n) is 6.68. The third-order valence-corrected chi connectivity index (χ3v) is 7.22. The minimum absolute atomic E-state index is 0.0156. The number of piperidine rings is 2. The second kappa shape index (κ2) is 5.20. The smallest absolute Gasteiger partial charge is 0.302 e. The zero-order valence-corrected chi connectivity index (χ0v) is 13.8. The molecule has 2 heterocycles. The zero-order valence-electron chi connectivity index (χ0n) is 13.8. The topological polar surface area (TPSA) is 49.8 Å². The van der Waals surface area contributed by atoms with Crippen molar-refractivity contribution < 1.29 is 14.6 Å². The fraction of sp³-hybridized carbons (Fsp3) is 0.944. The first-order valence-electron chi connectivity index (χ1n) is 9.14. The average Bonchev–Trinajstić information content (AvgIpc) is 2.47. The van der Waals surface area contributed by atoms with Crippen LogP contribution in [0.3, 0.4) is 0 Å². The predicted molar refractivity (Wildman–Crippen MR) is 83.2 cm³/mol. The maximum absolute atomic E-state index is 11.6. The van der Waals surface area contributed by atoms with Gasteiger partial charge in [-0.1, -0.05) is 6.92 Å². The molecule has 2 aliphatic carbocycles. The van der Waals surface area contributed by atoms with Crippen LogP contribution < -0.4 is 0 Å². The maximum atomic E-state index is 11.6. The molecule has 2 saturated heterocycles. The van der Waals surface area contributed by atoms with E-state index in [4.69, 9.17) is 4.74 Å². The third-order valence-electron chi connectivity index (χ3n) is 7.22. The van der Waals surface area contributed by atoms with Crippen LogP contribution in [0.1, 0.15) is 52.4 Å². The first-order valence-corrected chi connectivity index (χ1v) is 9.14. The largest absolute Gasteiger partial charge is 0.462 e. The number of ether oxygens (including phenoxy) is 1. The quantitative estimate of drug-likeness (QED) is 0.755. The fourth-order valence-corrected chi connectivity index (χ4v) is 6.68. The monoisotopic (exact) mass is 307 g/mol. The van der Waals surface area contributed by atoms with Crippen molar-refractivity contribution in [3.05, 3.63) is 0 Å². The number of carbonyl (C=O) groups excluding carboxylic acids is 1. The predicted octanol–water partition coefficient (Wildman–Crippen LogP) is 2.20. The van der Waals surface area contributed by atoms with Crippen molar-refractivity contribution in [3.63, 3.8) is 0 Å². The number of hydrogen-bond donors (Lipinski definition) is 1. The molecule has 124 valence electrons. The van der Waals surface area contributed by atoms with Gasteiger partial charge in [-0.15, -0.1) is 0 Å². The van der Waals surface area contributed by atoms with Gasteiger partial charge in [0, 0.05) is 18.4 Å². The van der Waals surface area contributed by atoms with Crippen molar-refractivity contribution in [1.29, 1.82) is 0 Å². The van der Waals surface area contributed by atoms with Gasteiger partial charge in [-0.05, 0) is 69.4 Å². The molecular formula is C18H29NO3. The van der Waals surface area contributed by atoms with Crippen molar-refractivity contribution in [2.24, 2.45) is 23.7 Å². The summed E-state index contributed by atoms with van der Waals surface area (Å²) in [6.45, 7) is 6.12. The number of esters is 1. The summed E-state index contributed by atoms with van der Waals surface area (Å²) >= 11 is 0. The normalized spacial score (nSPS) is 51.0. The van der Waals surface area contributed by atoms with Crippen molar-refractivity contribution in [2.75, 3.05) is 13.1 Å². The molecule has 0 unspecified atom stereocenters. The van der Waals surface area contributed by atoms with E-state index in [2.05, 4.69) is 11.8 Å². The highest BCUT2D eigenvalue weighted by Gasteiger charge is 2.65. The van der Waals surface area contributed by atoms with Gasteiger partial charge in [0.2, 0.25) is 0 Å². The molecule has 1 spiro atoms. The van der Waals surface area contributed by atoms with E-state index < -0.39 is 0 Å². The molecule has 4 aliphatic rings. The van der Waals surface area contributed by atoms with E-state index >= 15 is 0 Å². The molecule has 0 aromatic carbocycles. The highest BCUT2D eigenvalue weighted by molar-refractivity contribution is 5.66. The molecule has 4 heteroatoms. The molecule has 4 fully saturated rings. The number of aliphatic hydroxyl groups excluding tert-OH is 1. The van der Waals surface area contributed by atoms with Crippen LogP contribution in [0, 0.1) is 23.7 Å². The molecule has 2 saturated carbocycles. The lowest BCUT2D eigenvalue weighted by molar-refractivity contribution is -0.229. The van der Waals surface area contributed by atoms with Gasteiger partial charge in [0.25, 0.3) is 0 Å². The lowest BCUT2D eigenvalue weighted by Crippen LogP contribution is -2.74. The Morgan fingerprint density at radius 2 is 1.91 bits per heavy atom. The van der Waals surface area contributed by atoms with Crippen LogP contribution in [0.5, 0.6) is 0 Å². The Morgan fingerprint density at radius 3 is 2.59 bits per heavy atom. The van der Waals surface area contributed by atoms with Crippen LogP contribution in [0.2, 0.25) is 0 Å². The summed E-state index contributed by atoms with van der Waals surface area (Å²) in [5.41, 5.74) is 0.193. The number of aliphatic hydroxyl groups is 1. The van der Waals surface area contributed by atoms with Gasteiger partial charge >= 0.3 is 5.97 Å². The van der Waals surface area contributed by atoms with E-state index in [0.29, 0.717) is 23.7 Å². The van der Waals surface area contributed by atoms with Crippen molar-refractivity contribution in [3.8, 4) is 0 Å². The summed E-state index contributed by atoms with van der Waals surface area (Å²) in [5.74, 6) is 1.59. The molecule has 0 aromatic heterocycles. The van der Waals surface area contributed by atoms with Gasteiger partial charge in [-0.2, -0.15) is 0 Å². The van der Waals surface area contributed by atoms with E-state index in [-0.39, 0.29) is 23.7 Å². The summed E-state index contributed by atoms with van der Waals surface area (Å²) in [4.78, 5) is 14.3. The van der Waals surface area contributed by atoms with E-state index in [1.54, 1.807) is 0 Å². The lowest BCUT2D eigenvalue weighted by atomic mass is 9.47. The van der Waals surface area contributed by atoms with E-state index in [9.17, 15) is 9.90 Å². The van der Waals surface area contributed by atoms with Crippen molar-refractivity contribution >= 4 is 5.97 Å². The Hall–Kier alpha value is -0.610. The SMILES string of the molecule is CC(=O)O[C@@H]1C[C@@H]2[C@H](O)[C@@H](C)C[C@@]34[C@@H]1CCCN3CCC[C@@H]24. The van der Waals surface area contributed by atoms with Gasteiger partial charge in [-0.3, -0.25) is 9.69 Å². The Morgan fingerprint density at radius 1 is 1.23 bits per heavy atom. The highest BCUT2D eigenvalue weighted by Crippen LogP contribution is 2.60. The minimum Gasteiger partial charge on any atom is -0.462 e. The van der Waals surface area contributed by atoms with E-state index in [1.165, 1.54) is 45.7 Å². The number of rotatable bonds is 1. The number of carbonyl (C=O) groups is 1. The average molecular weight is 307 g/mol. The molecule has 7 atom stereocenters. The van der Waals surface area contributed by atoms with Crippen molar-refractivity contribution in [1.82, 2.24) is 4.90 Å². The van der Waals surface area contributed by atoms with Gasteiger partial charge in [0.1, 0.15) is 6.10 Å². The summed E-state index contributed by atoms with van der Waals surface area (Å²) in [6, 6.07) is 0. The van der Waals surface area contributed by atoms with Gasteiger partial charge in [0.15, 0.2) is 0 Å². The molecule has 0 amide bonds. The zero-order chi connectivity index (χ0) is 15.5. The first-order chi connectivity index (χ1) is 10.5. The second-order valence-corrected chi connectivity index (χ2v) is 8.20. The maximum Gasteiger partial charge on any atom is 0.302 e. The molecule has 2 aliphatic heterocycles. The standard InChI is InChI=1S/C18H29NO3/c1-11-10-18-14-5-3-7-19(18)8-4-6-15(18)16(22-12(2)20)9-13(14)17(11)21/h11,13-17,21H,3-10H2,1-2H3/t11-,13-,14-,15+,16+,17+,18+/m0/s1. The van der Waals surface area contributed by atoms with Crippen LogP contribution in [0.25, 0.3) is 0 Å². The summed E-state index contributed by atoms with van der Waals surface area (Å²) < 4.78 is 5.76. The number of nitrogens with zero attached hydrogens (tertiary/aromatic N) is 1. The van der Waals surface area contributed by atoms with Crippen LogP contribution in [-0.2, 0) is 9.53 Å². The van der Waals surface area contributed by atoms with Crippen molar-refractivity contribution in [2.45, 2.75) is 70.1 Å². The molecule has 22 heavy (non-hydrogen) atoms. The van der Waals surface area contributed by atoms with E-state index in [1.807, 2.05) is 0 Å². The Labute approximate surface area is 133 Å². The molecule has 2 bridgehead atoms. The number of hydrogen-bond acceptors (Lipinski definition) is 4. The molecule has 1 N–H and O–H groups in total. The molecule has 0 aromatic rings. The molecule has 4 rings (SSSR count). The molecule has 0 radical (unpaired) electrons. The van der Waals surface area contributed by atoms with Gasteiger partial charge in [0.05, 0.1) is 6.10 Å². The van der Waals surface area contributed by atoms with Gasteiger partial charge < -0.3 is 9.84 Å². The Balaban J connectivity index is 1.76. The first kappa shape index (κ1) is 14.9. The third kappa shape index (κ3) is 1.92. The molecule has 4 nitrogen and oxygen atoms in total. The van der Waals surface area contributed by atoms with E-state index in [0.717, 1.165) is 12.8 Å². The minimum atomic E-state index is -0.225. The van der Waals surface area contributed by atoms with Crippen LogP contribution in [0.4, 0.5) is 0 Å². The molecular weight excluding hydrogens is 278 g/mol. The highest BCUT2D eigenvalue weighted by atomic mass is 16.5. The lowest BCUT2D eigenvalue weighted by Gasteiger charge is -2.68. The van der Waals surface area contributed by atoms with Crippen LogP contribution in [0.15, 0.2) is 0 Å². The Bertz CT molecular complexity index is 465. The second-order valence-electron chi connectivity index (χ2n) is 8.20. The van der Waals surface area contributed by atoms with Crippen LogP contribution in [-0.4, -0.2) is 46.8 Å².